The van der Waals surface area contributed by atoms with Crippen molar-refractivity contribution < 1.29 is 28.9 Å². The fourth-order valence-electron chi connectivity index (χ4n) is 2.99. The summed E-state index contributed by atoms with van der Waals surface area (Å²) in [5.74, 6) is 2.46. The molecular weight excluding hydrogens is 396 g/mol. The number of hydrogen-bond donors (Lipinski definition) is 3. The molecule has 0 bridgehead atoms. The van der Waals surface area contributed by atoms with Gasteiger partial charge in [0.05, 0.1) is 5.69 Å². The Balaban J connectivity index is 2.84. The van der Waals surface area contributed by atoms with Gasteiger partial charge in [-0.25, -0.2) is 9.18 Å². The summed E-state index contributed by atoms with van der Waals surface area (Å²) in [7, 11) is -3.96. The average molecular weight is 419 g/mol. The first-order valence-electron chi connectivity index (χ1n) is 8.93. The van der Waals surface area contributed by atoms with Gasteiger partial charge in [-0.15, -0.1) is 0 Å². The molecule has 29 heavy (non-hydrogen) atoms. The first-order chi connectivity index (χ1) is 13.5. The fraction of sp³-hybridized carbons (Fsp3) is 0.333. The predicted molar refractivity (Wildman–Crippen MR) is 107 cm³/mol. The van der Waals surface area contributed by atoms with Crippen LogP contribution < -0.4 is 0 Å². The number of nitrogens with zero attached hydrogens (tertiary/aromatic N) is 1. The van der Waals surface area contributed by atoms with E-state index in [0.717, 1.165) is 12.1 Å². The Hall–Kier alpha value is -2.52. The maximum absolute atomic E-state index is 13.3. The third-order valence-corrected chi connectivity index (χ3v) is 5.89. The van der Waals surface area contributed by atoms with Gasteiger partial charge in [0.2, 0.25) is 13.2 Å². The second kappa shape index (κ2) is 8.87. The van der Waals surface area contributed by atoms with Crippen LogP contribution in [0.2, 0.25) is 0 Å². The average Bonchev–Trinajstić information content (AvgIpc) is 2.63. The van der Waals surface area contributed by atoms with E-state index in [-0.39, 0.29) is 11.6 Å². The number of carboxylic acid groups (broad SMARTS) is 1. The number of carboxylic acids is 1. The number of halogens is 1. The minimum Gasteiger partial charge on any atom is -0.480 e. The van der Waals surface area contributed by atoms with Crippen LogP contribution in [0.5, 0.6) is 0 Å². The number of aryl methyl sites for hydroxylation is 1. The molecule has 2 rings (SSSR count). The lowest BCUT2D eigenvalue weighted by Gasteiger charge is -2.39. The second-order valence-corrected chi connectivity index (χ2v) is 8.47. The molecule has 0 saturated carbocycles. The number of rotatable bonds is 6. The summed E-state index contributed by atoms with van der Waals surface area (Å²) in [6.07, 6.45) is -0.403. The van der Waals surface area contributed by atoms with Crippen LogP contribution in [-0.4, -0.2) is 31.2 Å². The number of benzene rings is 1. The molecule has 0 amide bonds. The van der Waals surface area contributed by atoms with Crippen molar-refractivity contribution in [2.45, 2.75) is 37.9 Å². The Morgan fingerprint density at radius 1 is 1.24 bits per heavy atom. The van der Waals surface area contributed by atoms with E-state index in [9.17, 15) is 28.9 Å². The van der Waals surface area contributed by atoms with Crippen LogP contribution in [0.3, 0.4) is 0 Å². The van der Waals surface area contributed by atoms with Crippen LogP contribution in [0.1, 0.15) is 30.8 Å². The van der Waals surface area contributed by atoms with Gasteiger partial charge in [-0.3, -0.25) is 9.55 Å². The smallest absolute Gasteiger partial charge is 0.335 e. The monoisotopic (exact) mass is 419 g/mol. The van der Waals surface area contributed by atoms with Gasteiger partial charge in [-0.2, -0.15) is 0 Å². The first kappa shape index (κ1) is 22.8. The predicted octanol–water partition coefficient (Wildman–Crippen LogP) is 2.91. The Labute approximate surface area is 169 Å². The molecule has 0 aliphatic carbocycles. The van der Waals surface area contributed by atoms with Crippen molar-refractivity contribution in [3.63, 3.8) is 0 Å². The normalized spacial score (nSPS) is 16.2. The van der Waals surface area contributed by atoms with Gasteiger partial charge in [-0.1, -0.05) is 43.9 Å². The summed E-state index contributed by atoms with van der Waals surface area (Å²) in [6.45, 7) is 5.03. The molecule has 0 radical (unpaired) electrons. The molecule has 154 valence electrons. The Morgan fingerprint density at radius 3 is 2.34 bits per heavy atom. The summed E-state index contributed by atoms with van der Waals surface area (Å²) in [5, 5.41) is 19.0. The summed E-state index contributed by atoms with van der Waals surface area (Å²) in [6, 6.07) is 9.64. The van der Waals surface area contributed by atoms with Gasteiger partial charge in [0.1, 0.15) is 11.4 Å². The zero-order valence-electron chi connectivity index (χ0n) is 16.3. The molecule has 3 atom stereocenters. The highest BCUT2D eigenvalue weighted by Crippen LogP contribution is 2.50. The molecule has 1 aromatic heterocycles. The van der Waals surface area contributed by atoms with Crippen LogP contribution >= 0.6 is 8.03 Å². The molecule has 0 aliphatic heterocycles. The largest absolute Gasteiger partial charge is 0.480 e. The van der Waals surface area contributed by atoms with Gasteiger partial charge in [0.25, 0.3) is 0 Å². The highest BCUT2D eigenvalue weighted by Gasteiger charge is 2.61. The van der Waals surface area contributed by atoms with Gasteiger partial charge in [0, 0.05) is 18.0 Å². The molecule has 0 aliphatic rings. The molecular formula is C21H23FNO5P. The maximum Gasteiger partial charge on any atom is 0.335 e. The van der Waals surface area contributed by atoms with Crippen molar-refractivity contribution in [3.05, 3.63) is 65.2 Å². The minimum atomic E-state index is -3.96. The number of aliphatic carboxylic acids is 1. The number of pyridine rings is 1. The van der Waals surface area contributed by atoms with Crippen LogP contribution in [0.15, 0.2) is 42.5 Å². The highest BCUT2D eigenvalue weighted by molar-refractivity contribution is 7.42. The Bertz CT molecular complexity index is 967. The van der Waals surface area contributed by atoms with E-state index in [1.54, 1.807) is 32.9 Å². The molecule has 0 spiro atoms. The number of aromatic nitrogens is 1. The lowest BCUT2D eigenvalue weighted by molar-refractivity contribution is -0.146. The van der Waals surface area contributed by atoms with Gasteiger partial charge >= 0.3 is 5.97 Å². The molecule has 1 aromatic carbocycles. The van der Waals surface area contributed by atoms with Crippen LogP contribution in [0.25, 0.3) is 0 Å². The van der Waals surface area contributed by atoms with E-state index in [1.165, 1.54) is 18.2 Å². The third-order valence-electron chi connectivity index (χ3n) is 4.50. The zero-order chi connectivity index (χ0) is 21.8. The molecule has 3 N–H and O–H groups in total. The van der Waals surface area contributed by atoms with Crippen molar-refractivity contribution in [2.24, 2.45) is 5.92 Å². The number of aliphatic hydroxyl groups is 1. The summed E-state index contributed by atoms with van der Waals surface area (Å²) >= 11 is 0. The highest BCUT2D eigenvalue weighted by atomic mass is 31.1. The molecule has 0 fully saturated rings. The number of hydrogen-bond acceptors (Lipinski definition) is 4. The topological polar surface area (TPSA) is 108 Å². The van der Waals surface area contributed by atoms with Crippen molar-refractivity contribution in [3.8, 4) is 11.8 Å². The fourth-order valence-corrected chi connectivity index (χ4v) is 3.93. The van der Waals surface area contributed by atoms with Crippen LogP contribution in [-0.2, 0) is 21.4 Å². The van der Waals surface area contributed by atoms with Crippen molar-refractivity contribution in [1.82, 2.24) is 4.98 Å². The van der Waals surface area contributed by atoms with Crippen LogP contribution in [0, 0.1) is 30.5 Å². The van der Waals surface area contributed by atoms with E-state index < -0.39 is 37.0 Å². The van der Waals surface area contributed by atoms with Gasteiger partial charge in [0.15, 0.2) is 0 Å². The van der Waals surface area contributed by atoms with E-state index in [1.807, 2.05) is 0 Å². The van der Waals surface area contributed by atoms with Crippen molar-refractivity contribution in [1.29, 1.82) is 0 Å². The third kappa shape index (κ3) is 4.56. The van der Waals surface area contributed by atoms with Gasteiger partial charge < -0.3 is 15.1 Å². The van der Waals surface area contributed by atoms with E-state index in [4.69, 9.17) is 0 Å². The van der Waals surface area contributed by atoms with Gasteiger partial charge in [-0.05, 0) is 36.8 Å². The lowest BCUT2D eigenvalue weighted by Crippen LogP contribution is -2.56. The summed E-state index contributed by atoms with van der Waals surface area (Å²) < 4.78 is 25.8. The van der Waals surface area contributed by atoms with Crippen molar-refractivity contribution in [2.75, 3.05) is 0 Å². The van der Waals surface area contributed by atoms with E-state index in [0.29, 0.717) is 11.3 Å². The SMILES string of the molecule is Cc1cccc(C(O)(Cc2ccc(F)cc2)C(C#CC(C)C)(C(=O)O)[PH](=O)O)n1. The molecule has 3 unspecified atom stereocenters. The Morgan fingerprint density at radius 2 is 1.86 bits per heavy atom. The molecule has 1 heterocycles. The second-order valence-electron chi connectivity index (χ2n) is 7.11. The number of carbonyl (C=O) groups is 1. The maximum atomic E-state index is 13.3. The van der Waals surface area contributed by atoms with Crippen LogP contribution in [0.4, 0.5) is 4.39 Å². The molecule has 2 aromatic rings. The zero-order valence-corrected chi connectivity index (χ0v) is 17.3. The standard InChI is InChI=1S/C21H23FNO5P/c1-14(2)11-12-21(19(24)25,29(27)28)20(26,18-6-4-5-15(3)23-18)13-16-7-9-17(22)10-8-16/h4-10,14,26,29H,13H2,1-3H3,(H,24,25)(H,27,28). The lowest BCUT2D eigenvalue weighted by atomic mass is 9.78. The minimum absolute atomic E-state index is 0.102. The first-order valence-corrected chi connectivity index (χ1v) is 10.3. The van der Waals surface area contributed by atoms with E-state index >= 15 is 0 Å². The molecule has 8 heteroatoms. The van der Waals surface area contributed by atoms with Crippen molar-refractivity contribution >= 4 is 14.0 Å². The van der Waals surface area contributed by atoms with E-state index in [2.05, 4.69) is 16.8 Å². The molecule has 0 saturated heterocycles. The Kier molecular flexibility index (Phi) is 6.97. The summed E-state index contributed by atoms with van der Waals surface area (Å²) in [5.41, 5.74) is -1.71. The quantitative estimate of drug-likeness (QED) is 0.491. The molecule has 6 nitrogen and oxygen atoms in total. The summed E-state index contributed by atoms with van der Waals surface area (Å²) in [4.78, 5) is 26.7.